The van der Waals surface area contributed by atoms with Gasteiger partial charge in [-0.25, -0.2) is 13.6 Å². The summed E-state index contributed by atoms with van der Waals surface area (Å²) in [6.07, 6.45) is 0.374. The van der Waals surface area contributed by atoms with Crippen LogP contribution in [0.25, 0.3) is 0 Å². The van der Waals surface area contributed by atoms with Gasteiger partial charge >= 0.3 is 6.03 Å². The van der Waals surface area contributed by atoms with Crippen LogP contribution in [0.15, 0.2) is 36.4 Å². The number of urea groups is 1. The predicted octanol–water partition coefficient (Wildman–Crippen LogP) is 3.35. The summed E-state index contributed by atoms with van der Waals surface area (Å²) in [5.74, 6) is 0.389. The van der Waals surface area contributed by atoms with Crippen molar-refractivity contribution >= 4 is 11.8 Å². The first-order chi connectivity index (χ1) is 11.1. The summed E-state index contributed by atoms with van der Waals surface area (Å²) in [5, 5.41) is 9.12. The second-order valence-electron chi connectivity index (χ2n) is 5.52. The van der Waals surface area contributed by atoms with Gasteiger partial charge in [-0.1, -0.05) is 30.3 Å². The number of hydrogen-bond acceptors (Lipinski definition) is 2. The highest BCUT2D eigenvalue weighted by Crippen LogP contribution is 2.21. The Labute approximate surface area is 132 Å². The van der Waals surface area contributed by atoms with Crippen molar-refractivity contribution < 1.29 is 13.6 Å². The van der Waals surface area contributed by atoms with E-state index in [1.165, 1.54) is 0 Å². The van der Waals surface area contributed by atoms with Gasteiger partial charge in [0.05, 0.1) is 0 Å². The van der Waals surface area contributed by atoms with Gasteiger partial charge in [-0.15, -0.1) is 0 Å². The molecule has 2 aromatic rings. The first-order valence-corrected chi connectivity index (χ1v) is 7.61. The summed E-state index contributed by atoms with van der Waals surface area (Å²) in [5.41, 5.74) is 1.42. The molecule has 0 bridgehead atoms. The molecule has 0 radical (unpaired) electrons. The first-order valence-electron chi connectivity index (χ1n) is 7.61. The smallest absolute Gasteiger partial charge is 0.321 e. The van der Waals surface area contributed by atoms with Crippen LogP contribution >= 0.6 is 0 Å². The summed E-state index contributed by atoms with van der Waals surface area (Å²) in [4.78, 5) is 12.0. The van der Waals surface area contributed by atoms with Gasteiger partial charge in [0.25, 0.3) is 6.43 Å². The lowest BCUT2D eigenvalue weighted by Gasteiger charge is -2.18. The maximum atomic E-state index is 13.2. The van der Waals surface area contributed by atoms with Crippen molar-refractivity contribution in [2.75, 3.05) is 5.32 Å². The molecule has 0 spiro atoms. The van der Waals surface area contributed by atoms with E-state index in [2.05, 4.69) is 15.7 Å². The Hall–Kier alpha value is -2.44. The fraction of sp³-hybridized carbons (Fsp3) is 0.375. The fourth-order valence-electron chi connectivity index (χ4n) is 2.72. The quantitative estimate of drug-likeness (QED) is 0.907. The Kier molecular flexibility index (Phi) is 4.55. The average molecular weight is 320 g/mol. The highest BCUT2D eigenvalue weighted by Gasteiger charge is 2.24. The number of carbonyl (C=O) groups excluding carboxylic acids is 1. The molecule has 2 amide bonds. The van der Waals surface area contributed by atoms with Crippen molar-refractivity contribution in [3.63, 3.8) is 0 Å². The molecule has 1 aromatic heterocycles. The number of nitrogens with one attached hydrogen (secondary N) is 2. The van der Waals surface area contributed by atoms with Gasteiger partial charge < -0.3 is 5.32 Å². The van der Waals surface area contributed by atoms with Crippen molar-refractivity contribution in [2.45, 2.75) is 38.3 Å². The van der Waals surface area contributed by atoms with Gasteiger partial charge in [0.1, 0.15) is 6.04 Å². The maximum Gasteiger partial charge on any atom is 0.321 e. The van der Waals surface area contributed by atoms with E-state index in [0.29, 0.717) is 11.4 Å². The van der Waals surface area contributed by atoms with Crippen LogP contribution in [0.3, 0.4) is 0 Å². The number of hydrogen-bond donors (Lipinski definition) is 2. The molecule has 122 valence electrons. The number of nitrogens with zero attached hydrogens (tertiary/aromatic N) is 2. The van der Waals surface area contributed by atoms with Crippen molar-refractivity contribution in [3.05, 3.63) is 47.7 Å². The highest BCUT2D eigenvalue weighted by atomic mass is 19.3. The Morgan fingerprint density at radius 2 is 2.00 bits per heavy atom. The molecule has 0 fully saturated rings. The zero-order chi connectivity index (χ0) is 16.2. The number of amides is 2. The van der Waals surface area contributed by atoms with Crippen LogP contribution in [0.5, 0.6) is 0 Å². The number of rotatable bonds is 4. The van der Waals surface area contributed by atoms with E-state index in [1.54, 1.807) is 36.4 Å². The molecule has 7 heteroatoms. The average Bonchev–Trinajstić information content (AvgIpc) is 2.95. The Morgan fingerprint density at radius 3 is 2.70 bits per heavy atom. The zero-order valence-electron chi connectivity index (χ0n) is 12.5. The Morgan fingerprint density at radius 1 is 1.22 bits per heavy atom. The molecule has 0 unspecified atom stereocenters. The minimum atomic E-state index is -2.70. The lowest BCUT2D eigenvalue weighted by atomic mass is 10.1. The van der Waals surface area contributed by atoms with Crippen LogP contribution < -0.4 is 10.6 Å². The number of anilines is 1. The van der Waals surface area contributed by atoms with Gasteiger partial charge in [-0.2, -0.15) is 5.10 Å². The standard InChI is InChI=1S/C16H18F2N4O/c17-15(18)14(11-6-2-1-3-7-11)20-16(23)19-13-10-12-8-4-5-9-22(12)21-13/h1-3,6-7,10,14-15H,4-5,8-9H2,(H2,19,20,21,23)/t14-/m0/s1. The normalized spacial score (nSPS) is 15.1. The lowest BCUT2D eigenvalue weighted by Crippen LogP contribution is -2.36. The van der Waals surface area contributed by atoms with E-state index in [0.717, 1.165) is 31.5 Å². The van der Waals surface area contributed by atoms with E-state index in [-0.39, 0.29) is 0 Å². The van der Waals surface area contributed by atoms with E-state index in [1.807, 2.05) is 4.68 Å². The van der Waals surface area contributed by atoms with Gasteiger partial charge in [0.2, 0.25) is 0 Å². The number of carbonyl (C=O) groups is 1. The molecule has 1 atom stereocenters. The molecule has 0 aliphatic carbocycles. The molecule has 1 aromatic carbocycles. The van der Waals surface area contributed by atoms with Crippen LogP contribution in [0.1, 0.15) is 30.1 Å². The van der Waals surface area contributed by atoms with Gasteiger partial charge in [-0.05, 0) is 24.8 Å². The van der Waals surface area contributed by atoms with E-state index >= 15 is 0 Å². The van der Waals surface area contributed by atoms with E-state index in [9.17, 15) is 13.6 Å². The van der Waals surface area contributed by atoms with Crippen molar-refractivity contribution in [2.24, 2.45) is 0 Å². The van der Waals surface area contributed by atoms with Crippen molar-refractivity contribution in [1.82, 2.24) is 15.1 Å². The molecule has 1 aliphatic heterocycles. The SMILES string of the molecule is O=C(Nc1cc2n(n1)CCCC2)N[C@@H](c1ccccc1)C(F)F. The summed E-state index contributed by atoms with van der Waals surface area (Å²) in [6, 6.07) is 7.93. The van der Waals surface area contributed by atoms with Crippen molar-refractivity contribution in [1.29, 1.82) is 0 Å². The molecule has 0 saturated heterocycles. The van der Waals surface area contributed by atoms with Crippen LogP contribution in [-0.2, 0) is 13.0 Å². The Balaban J connectivity index is 1.66. The minimum absolute atomic E-state index is 0.363. The molecule has 2 heterocycles. The minimum Gasteiger partial charge on any atom is -0.325 e. The largest absolute Gasteiger partial charge is 0.325 e. The van der Waals surface area contributed by atoms with E-state index in [4.69, 9.17) is 0 Å². The van der Waals surface area contributed by atoms with Crippen LogP contribution in [0.4, 0.5) is 19.4 Å². The number of aromatic nitrogens is 2. The maximum absolute atomic E-state index is 13.2. The van der Waals surface area contributed by atoms with E-state index < -0.39 is 18.5 Å². The summed E-state index contributed by atoms with van der Waals surface area (Å²) < 4.78 is 28.3. The van der Waals surface area contributed by atoms with Gasteiger partial charge in [0.15, 0.2) is 5.82 Å². The van der Waals surface area contributed by atoms with Gasteiger partial charge in [0, 0.05) is 18.3 Å². The molecule has 1 aliphatic rings. The van der Waals surface area contributed by atoms with Crippen LogP contribution in [0.2, 0.25) is 0 Å². The Bertz CT molecular complexity index is 648. The summed E-state index contributed by atoms with van der Waals surface area (Å²) >= 11 is 0. The second-order valence-corrected chi connectivity index (χ2v) is 5.52. The third-order valence-electron chi connectivity index (χ3n) is 3.86. The molecular formula is C16H18F2N4O. The molecule has 2 N–H and O–H groups in total. The lowest BCUT2D eigenvalue weighted by molar-refractivity contribution is 0.103. The van der Waals surface area contributed by atoms with Gasteiger partial charge in [-0.3, -0.25) is 10.00 Å². The number of benzene rings is 1. The number of fused-ring (bicyclic) bond motifs is 1. The predicted molar refractivity (Wildman–Crippen MR) is 82.5 cm³/mol. The monoisotopic (exact) mass is 320 g/mol. The fourth-order valence-corrected chi connectivity index (χ4v) is 2.72. The molecule has 5 nitrogen and oxygen atoms in total. The molecule has 3 rings (SSSR count). The summed E-state index contributed by atoms with van der Waals surface area (Å²) in [7, 11) is 0. The first kappa shape index (κ1) is 15.5. The molecule has 23 heavy (non-hydrogen) atoms. The number of halogens is 2. The molecule has 0 saturated carbocycles. The highest BCUT2D eigenvalue weighted by molar-refractivity contribution is 5.88. The third-order valence-corrected chi connectivity index (χ3v) is 3.86. The number of alkyl halides is 2. The number of aryl methyl sites for hydroxylation is 2. The summed E-state index contributed by atoms with van der Waals surface area (Å²) in [6.45, 7) is 0.822. The zero-order valence-corrected chi connectivity index (χ0v) is 12.5. The second kappa shape index (κ2) is 6.76. The molecular weight excluding hydrogens is 302 g/mol. The van der Waals surface area contributed by atoms with Crippen LogP contribution in [-0.4, -0.2) is 22.2 Å². The topological polar surface area (TPSA) is 59.0 Å². The third kappa shape index (κ3) is 3.67. The van der Waals surface area contributed by atoms with Crippen molar-refractivity contribution in [3.8, 4) is 0 Å². The van der Waals surface area contributed by atoms with Crippen LogP contribution in [0, 0.1) is 0 Å².